The Morgan fingerprint density at radius 2 is 1.69 bits per heavy atom. The average Bonchev–Trinajstić information content (AvgIpc) is 2.16. The van der Waals surface area contributed by atoms with Crippen molar-refractivity contribution in [3.05, 3.63) is 35.4 Å². The molecule has 2 unspecified atom stereocenters. The lowest BCUT2D eigenvalue weighted by atomic mass is 9.99. The Bertz CT molecular complexity index is 271. The van der Waals surface area contributed by atoms with Gasteiger partial charge in [0.25, 0.3) is 0 Å². The Hall–Kier alpha value is -0.900. The summed E-state index contributed by atoms with van der Waals surface area (Å²) in [6, 6.07) is 6.98. The SMILES string of the molecule is CC(O)c1ccccc1C(O)CO. The van der Waals surface area contributed by atoms with Gasteiger partial charge in [0.1, 0.15) is 6.10 Å². The van der Waals surface area contributed by atoms with Crippen LogP contribution in [0.25, 0.3) is 0 Å². The van der Waals surface area contributed by atoms with Gasteiger partial charge in [-0.2, -0.15) is 0 Å². The van der Waals surface area contributed by atoms with Gasteiger partial charge in [-0.15, -0.1) is 0 Å². The first-order valence-corrected chi connectivity index (χ1v) is 4.22. The molecule has 0 radical (unpaired) electrons. The summed E-state index contributed by atoms with van der Waals surface area (Å²) in [5.41, 5.74) is 1.24. The summed E-state index contributed by atoms with van der Waals surface area (Å²) in [5, 5.41) is 27.5. The number of aliphatic hydroxyl groups is 3. The maximum atomic E-state index is 9.40. The van der Waals surface area contributed by atoms with Crippen molar-refractivity contribution in [2.45, 2.75) is 19.1 Å². The summed E-state index contributed by atoms with van der Waals surface area (Å²) in [4.78, 5) is 0. The summed E-state index contributed by atoms with van der Waals surface area (Å²) in [6.07, 6.45) is -1.54. The molecule has 0 heterocycles. The maximum absolute atomic E-state index is 9.40. The molecule has 1 rings (SSSR count). The summed E-state index contributed by atoms with van der Waals surface area (Å²) >= 11 is 0. The molecule has 0 amide bonds. The van der Waals surface area contributed by atoms with Crippen LogP contribution in [-0.2, 0) is 0 Å². The maximum Gasteiger partial charge on any atom is 0.102 e. The van der Waals surface area contributed by atoms with Gasteiger partial charge in [0.2, 0.25) is 0 Å². The van der Waals surface area contributed by atoms with Crippen molar-refractivity contribution in [3.63, 3.8) is 0 Å². The molecule has 3 heteroatoms. The molecule has 0 aliphatic rings. The van der Waals surface area contributed by atoms with E-state index in [1.807, 2.05) is 0 Å². The lowest BCUT2D eigenvalue weighted by molar-refractivity contribution is 0.0917. The molecule has 1 aromatic carbocycles. The fourth-order valence-corrected chi connectivity index (χ4v) is 1.29. The molecule has 2 atom stereocenters. The highest BCUT2D eigenvalue weighted by Crippen LogP contribution is 2.22. The van der Waals surface area contributed by atoms with Crippen LogP contribution in [0.2, 0.25) is 0 Å². The molecule has 1 aromatic rings. The third kappa shape index (κ3) is 2.28. The second kappa shape index (κ2) is 4.37. The van der Waals surface area contributed by atoms with E-state index in [0.717, 1.165) is 0 Å². The fourth-order valence-electron chi connectivity index (χ4n) is 1.29. The number of aliphatic hydroxyl groups excluding tert-OH is 3. The molecule has 0 bridgehead atoms. The number of rotatable bonds is 3. The second-order valence-electron chi connectivity index (χ2n) is 3.00. The molecule has 13 heavy (non-hydrogen) atoms. The highest BCUT2D eigenvalue weighted by molar-refractivity contribution is 5.30. The topological polar surface area (TPSA) is 60.7 Å². The van der Waals surface area contributed by atoms with Crippen LogP contribution in [0.1, 0.15) is 30.3 Å². The first-order chi connectivity index (χ1) is 6.16. The van der Waals surface area contributed by atoms with E-state index < -0.39 is 12.2 Å². The lowest BCUT2D eigenvalue weighted by Crippen LogP contribution is -2.07. The van der Waals surface area contributed by atoms with E-state index in [-0.39, 0.29) is 6.61 Å². The average molecular weight is 182 g/mol. The molecule has 0 spiro atoms. The van der Waals surface area contributed by atoms with Crippen LogP contribution in [0.3, 0.4) is 0 Å². The molecule has 0 fully saturated rings. The zero-order valence-electron chi connectivity index (χ0n) is 7.51. The largest absolute Gasteiger partial charge is 0.393 e. The van der Waals surface area contributed by atoms with Crippen LogP contribution in [0.4, 0.5) is 0 Å². The van der Waals surface area contributed by atoms with Gasteiger partial charge in [-0.25, -0.2) is 0 Å². The van der Waals surface area contributed by atoms with Gasteiger partial charge < -0.3 is 15.3 Å². The number of hydrogen-bond donors (Lipinski definition) is 3. The van der Waals surface area contributed by atoms with Crippen molar-refractivity contribution < 1.29 is 15.3 Å². The summed E-state index contributed by atoms with van der Waals surface area (Å²) in [7, 11) is 0. The summed E-state index contributed by atoms with van der Waals surface area (Å²) < 4.78 is 0. The molecule has 0 aliphatic carbocycles. The Morgan fingerprint density at radius 3 is 2.15 bits per heavy atom. The Morgan fingerprint density at radius 1 is 1.15 bits per heavy atom. The number of hydrogen-bond acceptors (Lipinski definition) is 3. The second-order valence-corrected chi connectivity index (χ2v) is 3.00. The van der Waals surface area contributed by atoms with E-state index in [0.29, 0.717) is 11.1 Å². The monoisotopic (exact) mass is 182 g/mol. The van der Waals surface area contributed by atoms with Crippen LogP contribution in [0.5, 0.6) is 0 Å². The van der Waals surface area contributed by atoms with E-state index in [9.17, 15) is 10.2 Å². The molecule has 0 aromatic heterocycles. The molecular weight excluding hydrogens is 168 g/mol. The van der Waals surface area contributed by atoms with Gasteiger partial charge >= 0.3 is 0 Å². The van der Waals surface area contributed by atoms with Gasteiger partial charge in [0.05, 0.1) is 12.7 Å². The van der Waals surface area contributed by atoms with Gasteiger partial charge in [0, 0.05) is 0 Å². The van der Waals surface area contributed by atoms with Crippen molar-refractivity contribution in [1.82, 2.24) is 0 Å². The van der Waals surface area contributed by atoms with Crippen LogP contribution in [0.15, 0.2) is 24.3 Å². The quantitative estimate of drug-likeness (QED) is 0.647. The van der Waals surface area contributed by atoms with E-state index in [4.69, 9.17) is 5.11 Å². The van der Waals surface area contributed by atoms with Crippen LogP contribution in [0, 0.1) is 0 Å². The van der Waals surface area contributed by atoms with Gasteiger partial charge in [0.15, 0.2) is 0 Å². The molecule has 0 saturated carbocycles. The van der Waals surface area contributed by atoms with Crippen molar-refractivity contribution >= 4 is 0 Å². The Labute approximate surface area is 77.3 Å². The zero-order valence-corrected chi connectivity index (χ0v) is 7.51. The lowest BCUT2D eigenvalue weighted by Gasteiger charge is -2.14. The summed E-state index contributed by atoms with van der Waals surface area (Å²) in [5.74, 6) is 0. The van der Waals surface area contributed by atoms with Gasteiger partial charge in [-0.1, -0.05) is 24.3 Å². The van der Waals surface area contributed by atoms with E-state index in [1.165, 1.54) is 0 Å². The highest BCUT2D eigenvalue weighted by Gasteiger charge is 2.13. The van der Waals surface area contributed by atoms with Gasteiger partial charge in [-0.05, 0) is 18.1 Å². The Balaban J connectivity index is 3.04. The van der Waals surface area contributed by atoms with Crippen LogP contribution < -0.4 is 0 Å². The van der Waals surface area contributed by atoms with Gasteiger partial charge in [-0.3, -0.25) is 0 Å². The molecule has 3 nitrogen and oxygen atoms in total. The molecule has 0 aliphatic heterocycles. The molecule has 0 saturated heterocycles. The first-order valence-electron chi connectivity index (χ1n) is 4.22. The van der Waals surface area contributed by atoms with Crippen LogP contribution in [-0.4, -0.2) is 21.9 Å². The normalized spacial score (nSPS) is 15.4. The van der Waals surface area contributed by atoms with E-state index in [1.54, 1.807) is 31.2 Å². The predicted molar refractivity (Wildman–Crippen MR) is 49.1 cm³/mol. The fraction of sp³-hybridized carbons (Fsp3) is 0.400. The zero-order chi connectivity index (χ0) is 9.84. The highest BCUT2D eigenvalue weighted by atomic mass is 16.3. The smallest absolute Gasteiger partial charge is 0.102 e. The van der Waals surface area contributed by atoms with Crippen molar-refractivity contribution in [1.29, 1.82) is 0 Å². The first kappa shape index (κ1) is 10.2. The third-order valence-electron chi connectivity index (χ3n) is 1.98. The Kier molecular flexibility index (Phi) is 3.42. The van der Waals surface area contributed by atoms with E-state index >= 15 is 0 Å². The minimum absolute atomic E-state index is 0.330. The minimum atomic E-state index is -0.911. The number of benzene rings is 1. The molecule has 72 valence electrons. The van der Waals surface area contributed by atoms with Crippen molar-refractivity contribution in [2.24, 2.45) is 0 Å². The summed E-state index contributed by atoms with van der Waals surface area (Å²) in [6.45, 7) is 1.30. The minimum Gasteiger partial charge on any atom is -0.393 e. The molecule has 3 N–H and O–H groups in total. The van der Waals surface area contributed by atoms with Crippen molar-refractivity contribution in [3.8, 4) is 0 Å². The standard InChI is InChI=1S/C10H14O3/c1-7(12)8-4-2-3-5-9(8)10(13)6-11/h2-5,7,10-13H,6H2,1H3. The van der Waals surface area contributed by atoms with E-state index in [2.05, 4.69) is 0 Å². The predicted octanol–water partition coefficient (Wildman–Crippen LogP) is 0.766. The molecular formula is C10H14O3. The van der Waals surface area contributed by atoms with Crippen LogP contribution >= 0.6 is 0 Å². The third-order valence-corrected chi connectivity index (χ3v) is 1.98. The van der Waals surface area contributed by atoms with Crippen molar-refractivity contribution in [2.75, 3.05) is 6.61 Å².